The zero-order valence-electron chi connectivity index (χ0n) is 13.1. The van der Waals surface area contributed by atoms with Gasteiger partial charge in [0.1, 0.15) is 5.82 Å². The number of aromatic amines is 1. The lowest BCUT2D eigenvalue weighted by Gasteiger charge is -2.05. The van der Waals surface area contributed by atoms with Gasteiger partial charge in [-0.25, -0.2) is 9.78 Å². The van der Waals surface area contributed by atoms with Crippen LogP contribution in [0.2, 0.25) is 0 Å². The van der Waals surface area contributed by atoms with E-state index in [0.29, 0.717) is 16.8 Å². The highest BCUT2D eigenvalue weighted by atomic mass is 32.2. The first-order chi connectivity index (χ1) is 11.7. The lowest BCUT2D eigenvalue weighted by molar-refractivity contribution is -0.117. The normalized spacial score (nSPS) is 14.5. The predicted molar refractivity (Wildman–Crippen MR) is 91.9 cm³/mol. The standard InChI is InChI=1S/C16H19N5O2S/c22-13(18-15(23)17-12-8-2-1-3-9-12)10-24-16-19-14(20-21-16)11-6-4-5-7-11/h1-3,8-9,11H,4-7,10H2,(H,19,20,21)(H2,17,18,22,23). The SMILES string of the molecule is O=C(CSc1n[nH]c(C2CCCC2)n1)NC(=O)Nc1ccccc1. The van der Waals surface area contributed by atoms with E-state index in [-0.39, 0.29) is 11.7 Å². The van der Waals surface area contributed by atoms with Crippen molar-refractivity contribution in [1.29, 1.82) is 0 Å². The molecule has 3 amide bonds. The van der Waals surface area contributed by atoms with E-state index >= 15 is 0 Å². The average Bonchev–Trinajstić information content (AvgIpc) is 3.25. The number of carbonyl (C=O) groups is 2. The number of carbonyl (C=O) groups excluding carboxylic acids is 2. The molecule has 0 bridgehead atoms. The minimum absolute atomic E-state index is 0.0875. The Balaban J connectivity index is 1.43. The molecule has 1 heterocycles. The molecule has 7 nitrogen and oxygen atoms in total. The first kappa shape index (κ1) is 16.5. The number of thioether (sulfide) groups is 1. The van der Waals surface area contributed by atoms with Gasteiger partial charge in [-0.15, -0.1) is 5.10 Å². The van der Waals surface area contributed by atoms with Gasteiger partial charge < -0.3 is 5.32 Å². The van der Waals surface area contributed by atoms with Gasteiger partial charge in [0, 0.05) is 11.6 Å². The third kappa shape index (κ3) is 4.58. The van der Waals surface area contributed by atoms with E-state index in [4.69, 9.17) is 0 Å². The van der Waals surface area contributed by atoms with Crippen molar-refractivity contribution in [3.8, 4) is 0 Å². The Hall–Kier alpha value is -2.35. The molecule has 8 heteroatoms. The number of urea groups is 1. The molecule has 0 saturated heterocycles. The quantitative estimate of drug-likeness (QED) is 0.724. The van der Waals surface area contributed by atoms with Crippen LogP contribution >= 0.6 is 11.8 Å². The van der Waals surface area contributed by atoms with Gasteiger partial charge in [0.25, 0.3) is 0 Å². The third-order valence-corrected chi connectivity index (χ3v) is 4.69. The monoisotopic (exact) mass is 345 g/mol. The van der Waals surface area contributed by atoms with Crippen LogP contribution in [0.5, 0.6) is 0 Å². The molecular weight excluding hydrogens is 326 g/mol. The minimum atomic E-state index is -0.548. The molecule has 1 aromatic carbocycles. The predicted octanol–water partition coefficient (Wildman–Crippen LogP) is 2.90. The molecule has 0 unspecified atom stereocenters. The molecule has 0 spiro atoms. The highest BCUT2D eigenvalue weighted by Gasteiger charge is 2.21. The Morgan fingerprint density at radius 3 is 2.71 bits per heavy atom. The van der Waals surface area contributed by atoms with Crippen molar-refractivity contribution in [2.24, 2.45) is 0 Å². The summed E-state index contributed by atoms with van der Waals surface area (Å²) in [6.07, 6.45) is 4.73. The molecule has 0 aliphatic heterocycles. The third-order valence-electron chi connectivity index (χ3n) is 3.84. The number of anilines is 1. The number of nitrogens with zero attached hydrogens (tertiary/aromatic N) is 2. The number of imide groups is 1. The molecule has 2 aromatic rings. The van der Waals surface area contributed by atoms with Crippen LogP contribution in [-0.2, 0) is 4.79 Å². The summed E-state index contributed by atoms with van der Waals surface area (Å²) >= 11 is 1.21. The first-order valence-electron chi connectivity index (χ1n) is 7.91. The first-order valence-corrected chi connectivity index (χ1v) is 8.90. The summed E-state index contributed by atoms with van der Waals surface area (Å²) in [5.41, 5.74) is 0.630. The molecule has 3 rings (SSSR count). The van der Waals surface area contributed by atoms with Crippen LogP contribution in [0.1, 0.15) is 37.4 Å². The zero-order valence-corrected chi connectivity index (χ0v) is 13.9. The summed E-state index contributed by atoms with van der Waals surface area (Å²) in [5, 5.41) is 12.5. The van der Waals surface area contributed by atoms with Crippen molar-refractivity contribution in [3.63, 3.8) is 0 Å². The Labute approximate surface area is 144 Å². The lowest BCUT2D eigenvalue weighted by atomic mass is 10.1. The number of hydrogen-bond donors (Lipinski definition) is 3. The van der Waals surface area contributed by atoms with Gasteiger partial charge in [-0.05, 0) is 25.0 Å². The van der Waals surface area contributed by atoms with Crippen molar-refractivity contribution in [2.75, 3.05) is 11.1 Å². The Morgan fingerprint density at radius 2 is 1.96 bits per heavy atom. The van der Waals surface area contributed by atoms with E-state index in [1.54, 1.807) is 24.3 Å². The molecule has 1 aromatic heterocycles. The lowest BCUT2D eigenvalue weighted by Crippen LogP contribution is -2.35. The second-order valence-corrected chi connectivity index (χ2v) is 6.58. The van der Waals surface area contributed by atoms with Gasteiger partial charge >= 0.3 is 6.03 Å². The maximum atomic E-state index is 11.8. The fraction of sp³-hybridized carbons (Fsp3) is 0.375. The van der Waals surface area contributed by atoms with Crippen LogP contribution in [0, 0.1) is 0 Å². The molecule has 24 heavy (non-hydrogen) atoms. The number of benzene rings is 1. The van der Waals surface area contributed by atoms with E-state index < -0.39 is 6.03 Å². The van der Waals surface area contributed by atoms with Crippen molar-refractivity contribution in [2.45, 2.75) is 36.8 Å². The fourth-order valence-electron chi connectivity index (χ4n) is 2.68. The molecule has 1 saturated carbocycles. The number of para-hydroxylation sites is 1. The largest absolute Gasteiger partial charge is 0.325 e. The van der Waals surface area contributed by atoms with Crippen molar-refractivity contribution in [3.05, 3.63) is 36.2 Å². The highest BCUT2D eigenvalue weighted by Crippen LogP contribution is 2.32. The molecule has 1 aliphatic carbocycles. The smallest absolute Gasteiger partial charge is 0.308 e. The van der Waals surface area contributed by atoms with Crippen LogP contribution in [0.15, 0.2) is 35.5 Å². The number of amides is 3. The van der Waals surface area contributed by atoms with E-state index in [2.05, 4.69) is 25.8 Å². The molecule has 0 radical (unpaired) electrons. The summed E-state index contributed by atoms with van der Waals surface area (Å²) in [6, 6.07) is 8.40. The maximum Gasteiger partial charge on any atom is 0.325 e. The Kier molecular flexibility index (Phi) is 5.47. The molecular formula is C16H19N5O2S. The molecule has 3 N–H and O–H groups in total. The van der Waals surface area contributed by atoms with E-state index in [9.17, 15) is 9.59 Å². The summed E-state index contributed by atoms with van der Waals surface area (Å²) in [4.78, 5) is 28.0. The molecule has 1 aliphatic rings. The van der Waals surface area contributed by atoms with Gasteiger partial charge in [0.15, 0.2) is 0 Å². The van der Waals surface area contributed by atoms with Gasteiger partial charge in [0.2, 0.25) is 11.1 Å². The van der Waals surface area contributed by atoms with Gasteiger partial charge in [-0.2, -0.15) is 0 Å². The van der Waals surface area contributed by atoms with Crippen LogP contribution in [0.25, 0.3) is 0 Å². The fourth-order valence-corrected chi connectivity index (χ4v) is 3.29. The molecule has 0 atom stereocenters. The average molecular weight is 345 g/mol. The van der Waals surface area contributed by atoms with Crippen LogP contribution in [0.3, 0.4) is 0 Å². The van der Waals surface area contributed by atoms with Gasteiger partial charge in [-0.1, -0.05) is 42.8 Å². The topological polar surface area (TPSA) is 99.8 Å². The van der Waals surface area contributed by atoms with Crippen LogP contribution in [0.4, 0.5) is 10.5 Å². The molecule has 126 valence electrons. The number of rotatable bonds is 5. The van der Waals surface area contributed by atoms with Crippen molar-refractivity contribution < 1.29 is 9.59 Å². The number of aromatic nitrogens is 3. The van der Waals surface area contributed by atoms with E-state index in [0.717, 1.165) is 18.7 Å². The van der Waals surface area contributed by atoms with Gasteiger partial charge in [-0.3, -0.25) is 15.2 Å². The summed E-state index contributed by atoms with van der Waals surface area (Å²) in [5.74, 6) is 1.06. The Morgan fingerprint density at radius 1 is 1.21 bits per heavy atom. The highest BCUT2D eigenvalue weighted by molar-refractivity contribution is 7.99. The number of hydrogen-bond acceptors (Lipinski definition) is 5. The Bertz CT molecular complexity index is 698. The van der Waals surface area contributed by atoms with Crippen LogP contribution < -0.4 is 10.6 Å². The maximum absolute atomic E-state index is 11.8. The molecule has 1 fully saturated rings. The number of H-pyrrole nitrogens is 1. The van der Waals surface area contributed by atoms with E-state index in [1.165, 1.54) is 24.6 Å². The van der Waals surface area contributed by atoms with E-state index in [1.807, 2.05) is 6.07 Å². The summed E-state index contributed by atoms with van der Waals surface area (Å²) < 4.78 is 0. The van der Waals surface area contributed by atoms with Gasteiger partial charge in [0.05, 0.1) is 5.75 Å². The second-order valence-electron chi connectivity index (χ2n) is 5.64. The van der Waals surface area contributed by atoms with Crippen molar-refractivity contribution >= 4 is 29.4 Å². The summed E-state index contributed by atoms with van der Waals surface area (Å²) in [7, 11) is 0. The summed E-state index contributed by atoms with van der Waals surface area (Å²) in [6.45, 7) is 0. The number of nitrogens with one attached hydrogen (secondary N) is 3. The minimum Gasteiger partial charge on any atom is -0.308 e. The second kappa shape index (κ2) is 7.96. The zero-order chi connectivity index (χ0) is 16.8. The van der Waals surface area contributed by atoms with Crippen molar-refractivity contribution in [1.82, 2.24) is 20.5 Å². The van der Waals surface area contributed by atoms with Crippen LogP contribution in [-0.4, -0.2) is 32.9 Å².